The highest BCUT2D eigenvalue weighted by molar-refractivity contribution is 8.01. The number of aromatic nitrogens is 2. The number of anilines is 1. The molecule has 8 heteroatoms. The Morgan fingerprint density at radius 2 is 1.85 bits per heavy atom. The van der Waals surface area contributed by atoms with E-state index in [0.29, 0.717) is 15.2 Å². The minimum Gasteiger partial charge on any atom is -0.326 e. The van der Waals surface area contributed by atoms with Crippen LogP contribution in [0.3, 0.4) is 0 Å². The van der Waals surface area contributed by atoms with Gasteiger partial charge < -0.3 is 5.32 Å². The molecule has 5 nitrogen and oxygen atoms in total. The van der Waals surface area contributed by atoms with Gasteiger partial charge in [0, 0.05) is 18.2 Å². The molecule has 0 radical (unpaired) electrons. The van der Waals surface area contributed by atoms with Gasteiger partial charge in [0.15, 0.2) is 14.1 Å². The Bertz CT molecular complexity index is 979. The van der Waals surface area contributed by atoms with Gasteiger partial charge in [-0.25, -0.2) is 4.68 Å². The fourth-order valence-corrected chi connectivity index (χ4v) is 4.46. The van der Waals surface area contributed by atoms with E-state index in [1.165, 1.54) is 30.0 Å². The lowest BCUT2D eigenvalue weighted by Crippen LogP contribution is -2.07. The monoisotopic (exact) mass is 401 g/mol. The lowest BCUT2D eigenvalue weighted by molar-refractivity contribution is -0.114. The number of nitrogens with one attached hydrogen (secondary N) is 1. The average molecular weight is 402 g/mol. The van der Waals surface area contributed by atoms with Crippen LogP contribution in [0, 0.1) is 3.95 Å². The van der Waals surface area contributed by atoms with E-state index in [1.54, 1.807) is 28.9 Å². The van der Waals surface area contributed by atoms with Crippen LogP contribution in [0.15, 0.2) is 58.9 Å². The number of ketones is 1. The molecule has 26 heavy (non-hydrogen) atoms. The molecule has 0 bridgehead atoms. The predicted octanol–water partition coefficient (Wildman–Crippen LogP) is 4.60. The largest absolute Gasteiger partial charge is 0.326 e. The van der Waals surface area contributed by atoms with Crippen LogP contribution < -0.4 is 5.32 Å². The maximum atomic E-state index is 12.3. The van der Waals surface area contributed by atoms with Crippen LogP contribution in [0.4, 0.5) is 5.69 Å². The Hall–Kier alpha value is -2.29. The molecule has 0 unspecified atom stereocenters. The first-order valence-electron chi connectivity index (χ1n) is 7.72. The minimum atomic E-state index is -0.144. The maximum absolute atomic E-state index is 12.3. The number of para-hydroxylation sites is 1. The highest BCUT2D eigenvalue weighted by Gasteiger charge is 2.11. The summed E-state index contributed by atoms with van der Waals surface area (Å²) in [6, 6.07) is 16.5. The number of thioether (sulfide) groups is 1. The lowest BCUT2D eigenvalue weighted by atomic mass is 10.1. The molecule has 1 N–H and O–H groups in total. The van der Waals surface area contributed by atoms with Crippen molar-refractivity contribution in [2.24, 2.45) is 0 Å². The number of rotatable bonds is 6. The number of benzene rings is 2. The van der Waals surface area contributed by atoms with E-state index in [2.05, 4.69) is 10.4 Å². The molecular weight excluding hydrogens is 386 g/mol. The highest BCUT2D eigenvalue weighted by Crippen LogP contribution is 2.25. The van der Waals surface area contributed by atoms with Gasteiger partial charge in [-0.05, 0) is 48.6 Å². The third kappa shape index (κ3) is 4.66. The standard InChI is InChI=1S/C18H15N3O2S3/c1-12(22)19-14-9-7-13(8-10-14)16(23)11-25-17-20-21(18(24)26-17)15-5-3-2-4-6-15/h2-10H,11H2,1H3,(H,19,22). The zero-order valence-electron chi connectivity index (χ0n) is 13.8. The molecule has 0 saturated heterocycles. The van der Waals surface area contributed by atoms with Crippen molar-refractivity contribution in [2.45, 2.75) is 11.3 Å². The van der Waals surface area contributed by atoms with Crippen LogP contribution in [0.5, 0.6) is 0 Å². The minimum absolute atomic E-state index is 0.00301. The van der Waals surface area contributed by atoms with Crippen molar-refractivity contribution >= 4 is 52.7 Å². The third-order valence-corrected chi connectivity index (χ3v) is 5.75. The van der Waals surface area contributed by atoms with Crippen LogP contribution in [-0.4, -0.2) is 27.2 Å². The van der Waals surface area contributed by atoms with Crippen LogP contribution in [0.1, 0.15) is 17.3 Å². The van der Waals surface area contributed by atoms with Gasteiger partial charge in [-0.15, -0.1) is 5.10 Å². The molecule has 3 aromatic rings. The van der Waals surface area contributed by atoms with E-state index in [9.17, 15) is 9.59 Å². The molecule has 0 aliphatic rings. The van der Waals surface area contributed by atoms with Crippen molar-refractivity contribution in [2.75, 3.05) is 11.1 Å². The number of hydrogen-bond donors (Lipinski definition) is 1. The van der Waals surface area contributed by atoms with Gasteiger partial charge in [-0.3, -0.25) is 9.59 Å². The summed E-state index contributed by atoms with van der Waals surface area (Å²) in [5.41, 5.74) is 2.17. The van der Waals surface area contributed by atoms with E-state index in [1.807, 2.05) is 30.3 Å². The summed E-state index contributed by atoms with van der Waals surface area (Å²) in [4.78, 5) is 23.4. The van der Waals surface area contributed by atoms with E-state index in [0.717, 1.165) is 10.0 Å². The summed E-state index contributed by atoms with van der Waals surface area (Å²) >= 11 is 8.12. The SMILES string of the molecule is CC(=O)Nc1ccc(C(=O)CSc2nn(-c3ccccc3)c(=S)s2)cc1. The molecule has 2 aromatic carbocycles. The fourth-order valence-electron chi connectivity index (χ4n) is 2.20. The second-order valence-corrected chi connectivity index (χ2v) is 8.20. The van der Waals surface area contributed by atoms with E-state index in [4.69, 9.17) is 12.2 Å². The van der Waals surface area contributed by atoms with Crippen LogP contribution in [-0.2, 0) is 4.79 Å². The summed E-state index contributed by atoms with van der Waals surface area (Å²) in [6.07, 6.45) is 0. The first-order chi connectivity index (χ1) is 12.5. The number of Topliss-reactive ketones (excluding diaryl/α,β-unsaturated/α-hetero) is 1. The number of nitrogens with zero attached hydrogens (tertiary/aromatic N) is 2. The lowest BCUT2D eigenvalue weighted by Gasteiger charge is -2.03. The Labute approximate surface area is 164 Å². The molecule has 0 spiro atoms. The zero-order valence-corrected chi connectivity index (χ0v) is 16.3. The first-order valence-corrected chi connectivity index (χ1v) is 9.93. The van der Waals surface area contributed by atoms with Gasteiger partial charge in [-0.2, -0.15) is 0 Å². The van der Waals surface area contributed by atoms with Gasteiger partial charge in [0.25, 0.3) is 0 Å². The summed E-state index contributed by atoms with van der Waals surface area (Å²) in [5, 5.41) is 7.16. The average Bonchev–Trinajstić information content (AvgIpc) is 3.01. The molecule has 0 aliphatic carbocycles. The van der Waals surface area contributed by atoms with Gasteiger partial charge in [0.1, 0.15) is 0 Å². The van der Waals surface area contributed by atoms with Crippen molar-refractivity contribution in [1.29, 1.82) is 0 Å². The van der Waals surface area contributed by atoms with Crippen molar-refractivity contribution < 1.29 is 9.59 Å². The Kier molecular flexibility index (Phi) is 5.97. The number of hydrogen-bond acceptors (Lipinski definition) is 6. The topological polar surface area (TPSA) is 64.0 Å². The van der Waals surface area contributed by atoms with Crippen molar-refractivity contribution in [3.8, 4) is 5.69 Å². The quantitative estimate of drug-likeness (QED) is 0.372. The van der Waals surface area contributed by atoms with Crippen molar-refractivity contribution in [1.82, 2.24) is 9.78 Å². The number of amides is 1. The summed E-state index contributed by atoms with van der Waals surface area (Å²) in [7, 11) is 0. The van der Waals surface area contributed by atoms with Crippen LogP contribution in [0.2, 0.25) is 0 Å². The molecule has 0 fully saturated rings. The van der Waals surface area contributed by atoms with Gasteiger partial charge in [-0.1, -0.05) is 41.3 Å². The molecule has 1 aromatic heterocycles. The van der Waals surface area contributed by atoms with Gasteiger partial charge in [0.05, 0.1) is 11.4 Å². The Morgan fingerprint density at radius 3 is 2.50 bits per heavy atom. The third-order valence-electron chi connectivity index (χ3n) is 3.38. The van der Waals surface area contributed by atoms with Gasteiger partial charge in [0.2, 0.25) is 5.91 Å². The molecule has 0 saturated carbocycles. The fraction of sp³-hybridized carbons (Fsp3) is 0.111. The summed E-state index contributed by atoms with van der Waals surface area (Å²) in [5.74, 6) is 0.128. The van der Waals surface area contributed by atoms with Crippen LogP contribution in [0.25, 0.3) is 5.69 Å². The highest BCUT2D eigenvalue weighted by atomic mass is 32.2. The number of carbonyl (C=O) groups is 2. The molecule has 0 atom stereocenters. The molecule has 3 rings (SSSR count). The second kappa shape index (κ2) is 8.39. The molecule has 0 aliphatic heterocycles. The van der Waals surface area contributed by atoms with Crippen LogP contribution >= 0.6 is 35.3 Å². The first kappa shape index (κ1) is 18.5. The molecule has 1 heterocycles. The molecular formula is C18H15N3O2S3. The second-order valence-electron chi connectivity index (χ2n) is 5.35. The Morgan fingerprint density at radius 1 is 1.15 bits per heavy atom. The zero-order chi connectivity index (χ0) is 18.5. The van der Waals surface area contributed by atoms with E-state index in [-0.39, 0.29) is 17.4 Å². The maximum Gasteiger partial charge on any atom is 0.221 e. The van der Waals surface area contributed by atoms with E-state index < -0.39 is 0 Å². The summed E-state index contributed by atoms with van der Waals surface area (Å²) < 4.78 is 3.10. The normalized spacial score (nSPS) is 10.5. The van der Waals surface area contributed by atoms with E-state index >= 15 is 0 Å². The smallest absolute Gasteiger partial charge is 0.221 e. The predicted molar refractivity (Wildman–Crippen MR) is 108 cm³/mol. The number of carbonyl (C=O) groups excluding carboxylic acids is 2. The van der Waals surface area contributed by atoms with Gasteiger partial charge >= 0.3 is 0 Å². The van der Waals surface area contributed by atoms with Crippen molar-refractivity contribution in [3.63, 3.8) is 0 Å². The summed E-state index contributed by atoms with van der Waals surface area (Å²) in [6.45, 7) is 1.44. The van der Waals surface area contributed by atoms with Crippen molar-refractivity contribution in [3.05, 3.63) is 64.1 Å². The molecule has 1 amide bonds. The Balaban J connectivity index is 1.65. The molecule has 132 valence electrons.